The van der Waals surface area contributed by atoms with E-state index in [0.29, 0.717) is 9.90 Å². The molecule has 0 radical (unpaired) electrons. The maximum Gasteiger partial charge on any atom is 0.265 e. The summed E-state index contributed by atoms with van der Waals surface area (Å²) < 4.78 is 5.41. The van der Waals surface area contributed by atoms with Crippen LogP contribution < -0.4 is 0 Å². The van der Waals surface area contributed by atoms with Crippen molar-refractivity contribution < 1.29 is 9.53 Å². The summed E-state index contributed by atoms with van der Waals surface area (Å²) in [4.78, 5) is 19.7. The van der Waals surface area contributed by atoms with Crippen LogP contribution in [-0.2, 0) is 4.74 Å². The van der Waals surface area contributed by atoms with Gasteiger partial charge in [-0.05, 0) is 25.8 Å². The number of amides is 1. The normalized spacial score (nSPS) is 21.4. The Morgan fingerprint density at radius 1 is 1.43 bits per heavy atom. The zero-order chi connectivity index (χ0) is 16.4. The van der Waals surface area contributed by atoms with Crippen molar-refractivity contribution in [2.75, 3.05) is 13.7 Å². The predicted octanol–water partition coefficient (Wildman–Crippen LogP) is 4.10. The fraction of sp³-hybridized carbons (Fsp3) is 0.412. The Bertz CT molecular complexity index is 703. The van der Waals surface area contributed by atoms with E-state index in [1.165, 1.54) is 11.3 Å². The van der Waals surface area contributed by atoms with Crippen molar-refractivity contribution >= 4 is 28.8 Å². The molecule has 23 heavy (non-hydrogen) atoms. The number of carbonyl (C=O) groups is 1. The van der Waals surface area contributed by atoms with Crippen LogP contribution in [0.2, 0.25) is 5.02 Å². The van der Waals surface area contributed by atoms with Gasteiger partial charge in [0.1, 0.15) is 9.88 Å². The first kappa shape index (κ1) is 16.4. The van der Waals surface area contributed by atoms with Gasteiger partial charge in [0.25, 0.3) is 5.91 Å². The van der Waals surface area contributed by atoms with Crippen LogP contribution in [0.5, 0.6) is 0 Å². The summed E-state index contributed by atoms with van der Waals surface area (Å²) in [5, 5.41) is 1.42. The maximum atomic E-state index is 12.8. The molecule has 1 saturated heterocycles. The van der Waals surface area contributed by atoms with Crippen LogP contribution >= 0.6 is 22.9 Å². The van der Waals surface area contributed by atoms with Crippen LogP contribution in [0.25, 0.3) is 10.6 Å². The molecule has 0 aliphatic carbocycles. The lowest BCUT2D eigenvalue weighted by molar-refractivity contribution is 0.0162. The zero-order valence-corrected chi connectivity index (χ0v) is 14.7. The molecule has 1 aromatic heterocycles. The molecule has 4 nitrogen and oxygen atoms in total. The number of methoxy groups -OCH3 is 1. The third kappa shape index (κ3) is 3.42. The molecule has 1 aliphatic rings. The summed E-state index contributed by atoms with van der Waals surface area (Å²) in [6.45, 7) is 2.79. The van der Waals surface area contributed by atoms with Gasteiger partial charge in [0.15, 0.2) is 0 Å². The minimum atomic E-state index is 0.0443. The molecule has 2 aromatic rings. The molecular weight excluding hydrogens is 332 g/mol. The lowest BCUT2D eigenvalue weighted by Crippen LogP contribution is -2.46. The molecule has 6 heteroatoms. The van der Waals surface area contributed by atoms with Crippen molar-refractivity contribution in [3.05, 3.63) is 40.4 Å². The van der Waals surface area contributed by atoms with Crippen LogP contribution in [0.1, 0.15) is 29.4 Å². The van der Waals surface area contributed by atoms with E-state index < -0.39 is 0 Å². The molecule has 122 valence electrons. The maximum absolute atomic E-state index is 12.8. The molecule has 1 amide bonds. The number of ether oxygens (including phenoxy) is 1. The van der Waals surface area contributed by atoms with Gasteiger partial charge in [-0.3, -0.25) is 4.79 Å². The van der Waals surface area contributed by atoms with Crippen molar-refractivity contribution in [1.29, 1.82) is 0 Å². The third-order valence-corrected chi connectivity index (χ3v) is 5.59. The number of hydrogen-bond donors (Lipinski definition) is 0. The highest BCUT2D eigenvalue weighted by Gasteiger charge is 2.30. The van der Waals surface area contributed by atoms with Crippen molar-refractivity contribution in [3.63, 3.8) is 0 Å². The Balaban J connectivity index is 1.78. The first-order valence-electron chi connectivity index (χ1n) is 7.64. The standard InChI is InChI=1S/C17H19ClN2O2S/c1-11-9-12(22-2)7-8-20(11)17(21)15-10-19-16(23-15)13-5-3-4-6-14(13)18/h3-6,10-12H,7-9H2,1-2H3/t11-,12+/m1/s1. The Morgan fingerprint density at radius 2 is 2.22 bits per heavy atom. The topological polar surface area (TPSA) is 42.4 Å². The lowest BCUT2D eigenvalue weighted by atomic mass is 10.0. The quantitative estimate of drug-likeness (QED) is 0.836. The van der Waals surface area contributed by atoms with E-state index in [2.05, 4.69) is 11.9 Å². The monoisotopic (exact) mass is 350 g/mol. The molecule has 0 N–H and O–H groups in total. The second-order valence-electron chi connectivity index (χ2n) is 5.74. The minimum absolute atomic E-state index is 0.0443. The first-order valence-corrected chi connectivity index (χ1v) is 8.84. The molecule has 1 aliphatic heterocycles. The Kier molecular flexibility index (Phi) is 4.99. The van der Waals surface area contributed by atoms with Crippen LogP contribution in [-0.4, -0.2) is 41.6 Å². The van der Waals surface area contributed by atoms with E-state index in [1.54, 1.807) is 13.3 Å². The lowest BCUT2D eigenvalue weighted by Gasteiger charge is -2.36. The summed E-state index contributed by atoms with van der Waals surface area (Å²) in [5.74, 6) is 0.0443. The molecule has 2 heterocycles. The smallest absolute Gasteiger partial charge is 0.265 e. The minimum Gasteiger partial charge on any atom is -0.381 e. The SMILES string of the molecule is CO[C@H]1CCN(C(=O)c2cnc(-c3ccccc3Cl)s2)[C@H](C)C1. The van der Waals surface area contributed by atoms with Gasteiger partial charge >= 0.3 is 0 Å². The van der Waals surface area contributed by atoms with Crippen molar-refractivity contribution in [2.45, 2.75) is 31.9 Å². The molecule has 3 rings (SSSR count). The first-order chi connectivity index (χ1) is 11.1. The van der Waals surface area contributed by atoms with Crippen molar-refractivity contribution in [2.24, 2.45) is 0 Å². The average molecular weight is 351 g/mol. The summed E-state index contributed by atoms with van der Waals surface area (Å²) in [6.07, 6.45) is 3.65. The number of likely N-dealkylation sites (tertiary alicyclic amines) is 1. The number of hydrogen-bond acceptors (Lipinski definition) is 4. The summed E-state index contributed by atoms with van der Waals surface area (Å²) in [7, 11) is 1.73. The van der Waals surface area contributed by atoms with Gasteiger partial charge in [0.2, 0.25) is 0 Å². The number of aromatic nitrogens is 1. The summed E-state index contributed by atoms with van der Waals surface area (Å²) >= 11 is 7.60. The van der Waals surface area contributed by atoms with E-state index in [0.717, 1.165) is 30.0 Å². The van der Waals surface area contributed by atoms with Gasteiger partial charge < -0.3 is 9.64 Å². The van der Waals surface area contributed by atoms with E-state index in [9.17, 15) is 4.79 Å². The number of benzene rings is 1. The highest BCUT2D eigenvalue weighted by atomic mass is 35.5. The molecule has 1 aromatic carbocycles. The highest BCUT2D eigenvalue weighted by molar-refractivity contribution is 7.17. The van der Waals surface area contributed by atoms with E-state index in [-0.39, 0.29) is 18.1 Å². The second kappa shape index (κ2) is 6.99. The Hall–Kier alpha value is -1.43. The number of halogens is 1. The fourth-order valence-corrected chi connectivity index (χ4v) is 4.11. The fourth-order valence-electron chi connectivity index (χ4n) is 2.92. The van der Waals surface area contributed by atoms with Crippen molar-refractivity contribution in [3.8, 4) is 10.6 Å². The largest absolute Gasteiger partial charge is 0.381 e. The van der Waals surface area contributed by atoms with Crippen LogP contribution in [0.15, 0.2) is 30.5 Å². The van der Waals surface area contributed by atoms with Crippen LogP contribution in [0.3, 0.4) is 0 Å². The number of carbonyl (C=O) groups excluding carboxylic acids is 1. The molecule has 0 spiro atoms. The number of piperidine rings is 1. The van der Waals surface area contributed by atoms with E-state index in [1.807, 2.05) is 29.2 Å². The number of nitrogens with zero attached hydrogens (tertiary/aromatic N) is 2. The molecule has 0 saturated carbocycles. The van der Waals surface area contributed by atoms with Crippen molar-refractivity contribution in [1.82, 2.24) is 9.88 Å². The number of rotatable bonds is 3. The molecular formula is C17H19ClN2O2S. The summed E-state index contributed by atoms with van der Waals surface area (Å²) in [5.41, 5.74) is 0.865. The van der Waals surface area contributed by atoms with Gasteiger partial charge in [0.05, 0.1) is 17.3 Å². The molecule has 2 atom stereocenters. The van der Waals surface area contributed by atoms with Gasteiger partial charge in [-0.1, -0.05) is 29.8 Å². The van der Waals surface area contributed by atoms with Gasteiger partial charge in [-0.25, -0.2) is 4.98 Å². The van der Waals surface area contributed by atoms with Crippen LogP contribution in [0.4, 0.5) is 0 Å². The second-order valence-corrected chi connectivity index (χ2v) is 7.18. The molecule has 0 unspecified atom stereocenters. The Labute approximate surface area is 145 Å². The van der Waals surface area contributed by atoms with E-state index in [4.69, 9.17) is 16.3 Å². The van der Waals surface area contributed by atoms with E-state index >= 15 is 0 Å². The van der Waals surface area contributed by atoms with Crippen LogP contribution in [0, 0.1) is 0 Å². The number of thiazole rings is 1. The van der Waals surface area contributed by atoms with Gasteiger partial charge in [-0.2, -0.15) is 0 Å². The Morgan fingerprint density at radius 3 is 2.91 bits per heavy atom. The molecule has 1 fully saturated rings. The zero-order valence-electron chi connectivity index (χ0n) is 13.2. The highest BCUT2D eigenvalue weighted by Crippen LogP contribution is 2.32. The molecule has 0 bridgehead atoms. The van der Waals surface area contributed by atoms with Gasteiger partial charge in [-0.15, -0.1) is 11.3 Å². The summed E-state index contributed by atoms with van der Waals surface area (Å²) in [6, 6.07) is 7.72. The third-order valence-electron chi connectivity index (χ3n) is 4.24. The van der Waals surface area contributed by atoms with Gasteiger partial charge in [0, 0.05) is 25.3 Å². The average Bonchev–Trinajstić information content (AvgIpc) is 3.04. The predicted molar refractivity (Wildman–Crippen MR) is 93.1 cm³/mol.